The molecule has 2 aromatic rings. The highest BCUT2D eigenvalue weighted by atomic mass is 79.9. The third-order valence-electron chi connectivity index (χ3n) is 3.94. The van der Waals surface area contributed by atoms with Crippen LogP contribution in [-0.4, -0.2) is 24.7 Å². The summed E-state index contributed by atoms with van der Waals surface area (Å²) in [7, 11) is 1.55. The Kier molecular flexibility index (Phi) is 3.77. The molecule has 1 heterocycles. The summed E-state index contributed by atoms with van der Waals surface area (Å²) < 4.78 is 12.0. The molecule has 0 spiro atoms. The van der Waals surface area contributed by atoms with Crippen molar-refractivity contribution in [2.45, 2.75) is 31.0 Å². The molecule has 1 aromatic heterocycles. The molecule has 1 saturated carbocycles. The van der Waals surface area contributed by atoms with Crippen LogP contribution < -0.4 is 11.1 Å². The van der Waals surface area contributed by atoms with Crippen LogP contribution in [0.25, 0.3) is 11.0 Å². The quantitative estimate of drug-likeness (QED) is 0.884. The Hall–Kier alpha value is -1.37. The van der Waals surface area contributed by atoms with Crippen LogP contribution >= 0.6 is 15.9 Å². The van der Waals surface area contributed by atoms with Crippen LogP contribution in [0.1, 0.15) is 18.6 Å². The maximum absolute atomic E-state index is 12.2. The number of hydrogen-bond donors (Lipinski definition) is 2. The van der Waals surface area contributed by atoms with Crippen LogP contribution in [0.2, 0.25) is 0 Å². The lowest BCUT2D eigenvalue weighted by molar-refractivity contribution is -0.156. The van der Waals surface area contributed by atoms with Gasteiger partial charge in [-0.3, -0.25) is 4.79 Å². The van der Waals surface area contributed by atoms with Gasteiger partial charge in [-0.25, -0.2) is 0 Å². The SMILES string of the molecule is COC1(C(=O)NCc2cc3cc(Br)ccc3o2)CC(N)C1. The summed E-state index contributed by atoms with van der Waals surface area (Å²) in [6.07, 6.45) is 1.12. The molecular formula is C15H17BrN2O3. The molecule has 6 heteroatoms. The predicted molar refractivity (Wildman–Crippen MR) is 82.7 cm³/mol. The van der Waals surface area contributed by atoms with Crippen molar-refractivity contribution in [1.82, 2.24) is 5.32 Å². The van der Waals surface area contributed by atoms with Crippen molar-refractivity contribution in [3.63, 3.8) is 0 Å². The zero-order valence-electron chi connectivity index (χ0n) is 11.7. The monoisotopic (exact) mass is 352 g/mol. The molecule has 1 amide bonds. The average molecular weight is 353 g/mol. The standard InChI is InChI=1S/C15H17BrN2O3/c1-20-15(6-11(17)7-15)14(19)18-8-12-5-9-4-10(16)2-3-13(9)21-12/h2-5,11H,6-8,17H2,1H3,(H,18,19). The van der Waals surface area contributed by atoms with Gasteiger partial charge in [0.2, 0.25) is 0 Å². The number of halogens is 1. The number of methoxy groups -OCH3 is 1. The molecule has 3 rings (SSSR count). The number of amides is 1. The molecule has 0 saturated heterocycles. The number of nitrogens with one attached hydrogen (secondary N) is 1. The molecule has 5 nitrogen and oxygen atoms in total. The number of furan rings is 1. The van der Waals surface area contributed by atoms with Gasteiger partial charge in [0.25, 0.3) is 5.91 Å². The lowest BCUT2D eigenvalue weighted by Gasteiger charge is -2.43. The number of carbonyl (C=O) groups excluding carboxylic acids is 1. The van der Waals surface area contributed by atoms with Crippen LogP contribution in [0.5, 0.6) is 0 Å². The molecule has 0 unspecified atom stereocenters. The summed E-state index contributed by atoms with van der Waals surface area (Å²) >= 11 is 3.42. The summed E-state index contributed by atoms with van der Waals surface area (Å²) in [5.74, 6) is 0.583. The Morgan fingerprint density at radius 1 is 1.52 bits per heavy atom. The van der Waals surface area contributed by atoms with Crippen LogP contribution in [0.3, 0.4) is 0 Å². The van der Waals surface area contributed by atoms with Gasteiger partial charge in [-0.15, -0.1) is 0 Å². The van der Waals surface area contributed by atoms with E-state index in [-0.39, 0.29) is 11.9 Å². The van der Waals surface area contributed by atoms with Gasteiger partial charge in [-0.1, -0.05) is 15.9 Å². The van der Waals surface area contributed by atoms with Crippen molar-refractivity contribution in [2.75, 3.05) is 7.11 Å². The Morgan fingerprint density at radius 2 is 2.29 bits per heavy atom. The maximum atomic E-state index is 12.2. The van der Waals surface area contributed by atoms with Gasteiger partial charge in [0.1, 0.15) is 16.9 Å². The lowest BCUT2D eigenvalue weighted by atomic mass is 9.75. The van der Waals surface area contributed by atoms with Crippen LogP contribution in [0, 0.1) is 0 Å². The highest BCUT2D eigenvalue weighted by Crippen LogP contribution is 2.34. The fourth-order valence-corrected chi connectivity index (χ4v) is 3.10. The van der Waals surface area contributed by atoms with Gasteiger partial charge in [0.15, 0.2) is 0 Å². The second-order valence-electron chi connectivity index (χ2n) is 5.44. The molecule has 1 aromatic carbocycles. The maximum Gasteiger partial charge on any atom is 0.252 e. The molecule has 112 valence electrons. The van der Waals surface area contributed by atoms with Crippen LogP contribution in [0.4, 0.5) is 0 Å². The van der Waals surface area contributed by atoms with Crippen molar-refractivity contribution >= 4 is 32.8 Å². The van der Waals surface area contributed by atoms with E-state index in [1.54, 1.807) is 7.11 Å². The first kappa shape index (κ1) is 14.6. The van der Waals surface area contributed by atoms with E-state index in [2.05, 4.69) is 21.2 Å². The van der Waals surface area contributed by atoms with E-state index in [1.165, 1.54) is 0 Å². The fourth-order valence-electron chi connectivity index (χ4n) is 2.72. The Morgan fingerprint density at radius 3 is 2.95 bits per heavy atom. The molecule has 0 bridgehead atoms. The normalized spacial score (nSPS) is 24.8. The molecule has 0 radical (unpaired) electrons. The molecule has 3 N–H and O–H groups in total. The Balaban J connectivity index is 1.67. The first-order valence-electron chi connectivity index (χ1n) is 6.79. The van der Waals surface area contributed by atoms with Gasteiger partial charge in [0, 0.05) is 35.9 Å². The number of benzene rings is 1. The van der Waals surface area contributed by atoms with Gasteiger partial charge in [0.05, 0.1) is 6.54 Å². The van der Waals surface area contributed by atoms with E-state index in [0.29, 0.717) is 25.1 Å². The minimum Gasteiger partial charge on any atom is -0.459 e. The van der Waals surface area contributed by atoms with Crippen LogP contribution in [0.15, 0.2) is 33.2 Å². The van der Waals surface area contributed by atoms with E-state index in [0.717, 1.165) is 15.4 Å². The van der Waals surface area contributed by atoms with E-state index in [4.69, 9.17) is 14.9 Å². The number of fused-ring (bicyclic) bond motifs is 1. The van der Waals surface area contributed by atoms with Crippen molar-refractivity contribution < 1.29 is 13.9 Å². The highest BCUT2D eigenvalue weighted by Gasteiger charge is 2.49. The molecule has 0 atom stereocenters. The number of nitrogens with two attached hydrogens (primary N) is 1. The van der Waals surface area contributed by atoms with E-state index in [1.807, 2.05) is 24.3 Å². The number of ether oxygens (including phenoxy) is 1. The Bertz CT molecular complexity index is 677. The van der Waals surface area contributed by atoms with E-state index < -0.39 is 5.60 Å². The van der Waals surface area contributed by atoms with Crippen molar-refractivity contribution in [3.05, 3.63) is 34.5 Å². The van der Waals surface area contributed by atoms with Crippen molar-refractivity contribution in [2.24, 2.45) is 5.73 Å². The predicted octanol–water partition coefficient (Wildman–Crippen LogP) is 2.32. The second-order valence-corrected chi connectivity index (χ2v) is 6.36. The van der Waals surface area contributed by atoms with E-state index >= 15 is 0 Å². The van der Waals surface area contributed by atoms with Crippen LogP contribution in [-0.2, 0) is 16.1 Å². The summed E-state index contributed by atoms with van der Waals surface area (Å²) in [6.45, 7) is 0.339. The topological polar surface area (TPSA) is 77.5 Å². The summed E-state index contributed by atoms with van der Waals surface area (Å²) in [6, 6.07) is 7.76. The summed E-state index contributed by atoms with van der Waals surface area (Å²) in [5.41, 5.74) is 5.79. The van der Waals surface area contributed by atoms with Gasteiger partial charge in [-0.2, -0.15) is 0 Å². The highest BCUT2D eigenvalue weighted by molar-refractivity contribution is 9.10. The second kappa shape index (κ2) is 5.44. The molecular weight excluding hydrogens is 336 g/mol. The first-order valence-corrected chi connectivity index (χ1v) is 7.59. The third kappa shape index (κ3) is 2.71. The average Bonchev–Trinajstić information content (AvgIpc) is 2.82. The minimum atomic E-state index is -0.769. The minimum absolute atomic E-state index is 0.0410. The number of rotatable bonds is 4. The molecule has 1 fully saturated rings. The van der Waals surface area contributed by atoms with Crippen molar-refractivity contribution in [1.29, 1.82) is 0 Å². The number of hydrogen-bond acceptors (Lipinski definition) is 4. The molecule has 0 aliphatic heterocycles. The van der Waals surface area contributed by atoms with Gasteiger partial charge < -0.3 is 20.2 Å². The summed E-state index contributed by atoms with van der Waals surface area (Å²) in [5, 5.41) is 3.86. The van der Waals surface area contributed by atoms with Gasteiger partial charge in [-0.05, 0) is 24.3 Å². The smallest absolute Gasteiger partial charge is 0.252 e. The number of carbonyl (C=O) groups is 1. The summed E-state index contributed by atoms with van der Waals surface area (Å²) in [4.78, 5) is 12.2. The largest absolute Gasteiger partial charge is 0.459 e. The van der Waals surface area contributed by atoms with Gasteiger partial charge >= 0.3 is 0 Å². The van der Waals surface area contributed by atoms with E-state index in [9.17, 15) is 4.79 Å². The lowest BCUT2D eigenvalue weighted by Crippen LogP contribution is -2.61. The molecule has 1 aliphatic carbocycles. The fraction of sp³-hybridized carbons (Fsp3) is 0.400. The molecule has 21 heavy (non-hydrogen) atoms. The van der Waals surface area contributed by atoms with Crippen molar-refractivity contribution in [3.8, 4) is 0 Å². The first-order chi connectivity index (χ1) is 10.0. The zero-order chi connectivity index (χ0) is 15.0. The third-order valence-corrected chi connectivity index (χ3v) is 4.43. The Labute approximate surface area is 130 Å². The molecule has 1 aliphatic rings. The zero-order valence-corrected chi connectivity index (χ0v) is 13.3.